The average Bonchev–Trinajstić information content (AvgIpc) is 2.48. The van der Waals surface area contributed by atoms with Crippen LogP contribution < -0.4 is 5.73 Å². The molecule has 0 heterocycles. The third-order valence-corrected chi connectivity index (χ3v) is 2.48. The highest BCUT2D eigenvalue weighted by molar-refractivity contribution is 5.92. The number of phenols is 1. The van der Waals surface area contributed by atoms with E-state index in [1.807, 2.05) is 6.07 Å². The Labute approximate surface area is 124 Å². The number of benzene rings is 2. The maximum Gasteiger partial charge on any atom is 0.335 e. The van der Waals surface area contributed by atoms with Crippen molar-refractivity contribution in [1.82, 2.24) is 0 Å². The van der Waals surface area contributed by atoms with Gasteiger partial charge in [-0.2, -0.15) is 0 Å². The van der Waals surface area contributed by atoms with E-state index in [1.54, 1.807) is 24.3 Å². The van der Waals surface area contributed by atoms with Gasteiger partial charge in [-0.25, -0.2) is 4.79 Å². The second kappa shape index (κ2) is 7.39. The smallest absolute Gasteiger partial charge is 0.335 e. The van der Waals surface area contributed by atoms with Gasteiger partial charge in [-0.3, -0.25) is 14.9 Å². The standard InChI is InChI=1S/C7H5NO5.C7H7NO/c9-6-2-1-4(7(10)11)3-5(6)8(12)13;8-7(9)6-4-2-1-3-5-6/h1-3,9H,(H,10,11);1-5H,(H2,8,9). The Morgan fingerprint density at radius 3 is 2.05 bits per heavy atom. The molecule has 0 unspecified atom stereocenters. The largest absolute Gasteiger partial charge is 0.502 e. The molecule has 0 bridgehead atoms. The summed E-state index contributed by atoms with van der Waals surface area (Å²) < 4.78 is 0. The number of nitrogens with zero attached hydrogens (tertiary/aromatic N) is 1. The van der Waals surface area contributed by atoms with Gasteiger partial charge in [0.05, 0.1) is 10.5 Å². The highest BCUT2D eigenvalue weighted by Gasteiger charge is 2.15. The van der Waals surface area contributed by atoms with Crippen molar-refractivity contribution in [2.75, 3.05) is 0 Å². The van der Waals surface area contributed by atoms with E-state index in [0.29, 0.717) is 5.56 Å². The van der Waals surface area contributed by atoms with E-state index in [-0.39, 0.29) is 11.5 Å². The lowest BCUT2D eigenvalue weighted by Gasteiger charge is -1.96. The summed E-state index contributed by atoms with van der Waals surface area (Å²) in [4.78, 5) is 30.2. The van der Waals surface area contributed by atoms with Crippen molar-refractivity contribution in [2.24, 2.45) is 5.73 Å². The molecule has 1 amide bonds. The maximum absolute atomic E-state index is 10.4. The molecule has 0 aliphatic heterocycles. The SMILES string of the molecule is NC(=O)c1ccccc1.O=C(O)c1ccc(O)c([N+](=O)[O-])c1. The summed E-state index contributed by atoms with van der Waals surface area (Å²) >= 11 is 0. The Bertz CT molecular complexity index is 700. The molecule has 0 radical (unpaired) electrons. The Kier molecular flexibility index (Phi) is 5.58. The van der Waals surface area contributed by atoms with Gasteiger partial charge in [-0.15, -0.1) is 0 Å². The Morgan fingerprint density at radius 1 is 1.05 bits per heavy atom. The fraction of sp³-hybridized carbons (Fsp3) is 0. The molecule has 0 fully saturated rings. The molecule has 0 aliphatic rings. The van der Waals surface area contributed by atoms with Gasteiger partial charge in [0, 0.05) is 11.6 Å². The van der Waals surface area contributed by atoms with Gasteiger partial charge >= 0.3 is 11.7 Å². The second-order valence-electron chi connectivity index (χ2n) is 4.00. The molecule has 8 nitrogen and oxygen atoms in total. The number of nitro benzene ring substituents is 1. The molecule has 22 heavy (non-hydrogen) atoms. The van der Waals surface area contributed by atoms with Crippen molar-refractivity contribution in [2.45, 2.75) is 0 Å². The summed E-state index contributed by atoms with van der Waals surface area (Å²) in [6.07, 6.45) is 0. The summed E-state index contributed by atoms with van der Waals surface area (Å²) in [6.45, 7) is 0. The fourth-order valence-corrected chi connectivity index (χ4v) is 1.41. The number of nitrogens with two attached hydrogens (primary N) is 1. The average molecular weight is 304 g/mol. The molecular weight excluding hydrogens is 292 g/mol. The molecule has 2 aromatic rings. The molecule has 8 heteroatoms. The molecular formula is C14H12N2O6. The van der Waals surface area contributed by atoms with Crippen LogP contribution in [0.15, 0.2) is 48.5 Å². The number of carboxylic acid groups (broad SMARTS) is 1. The summed E-state index contributed by atoms with van der Waals surface area (Å²) in [5.74, 6) is -2.20. The van der Waals surface area contributed by atoms with Gasteiger partial charge in [-0.1, -0.05) is 18.2 Å². The molecule has 114 valence electrons. The summed E-state index contributed by atoms with van der Waals surface area (Å²) in [5.41, 5.74) is 4.68. The summed E-state index contributed by atoms with van der Waals surface area (Å²) in [5, 5.41) is 27.7. The number of hydrogen-bond acceptors (Lipinski definition) is 5. The van der Waals surface area contributed by atoms with Crippen LogP contribution in [0.2, 0.25) is 0 Å². The lowest BCUT2D eigenvalue weighted by atomic mass is 10.2. The van der Waals surface area contributed by atoms with Crippen molar-refractivity contribution in [1.29, 1.82) is 0 Å². The Hall–Kier alpha value is -3.42. The minimum absolute atomic E-state index is 0.232. The highest BCUT2D eigenvalue weighted by atomic mass is 16.6. The van der Waals surface area contributed by atoms with E-state index in [2.05, 4.69) is 0 Å². The van der Waals surface area contributed by atoms with Gasteiger partial charge in [0.15, 0.2) is 5.75 Å². The van der Waals surface area contributed by atoms with Crippen LogP contribution in [-0.4, -0.2) is 27.0 Å². The van der Waals surface area contributed by atoms with E-state index in [1.165, 1.54) is 0 Å². The van der Waals surface area contributed by atoms with Crippen molar-refractivity contribution >= 4 is 17.6 Å². The molecule has 2 rings (SSSR count). The fourth-order valence-electron chi connectivity index (χ4n) is 1.41. The molecule has 0 aromatic heterocycles. The van der Waals surface area contributed by atoms with Gasteiger partial charge in [0.2, 0.25) is 5.91 Å². The minimum Gasteiger partial charge on any atom is -0.502 e. The first kappa shape index (κ1) is 16.6. The van der Waals surface area contributed by atoms with Crippen molar-refractivity contribution in [3.05, 3.63) is 69.8 Å². The number of nitro groups is 1. The number of carbonyl (C=O) groups excluding carboxylic acids is 1. The molecule has 0 atom stereocenters. The molecule has 0 aliphatic carbocycles. The number of rotatable bonds is 3. The Morgan fingerprint density at radius 2 is 1.64 bits per heavy atom. The van der Waals surface area contributed by atoms with Crippen LogP contribution in [-0.2, 0) is 0 Å². The number of carbonyl (C=O) groups is 2. The maximum atomic E-state index is 10.4. The number of carboxylic acids is 1. The molecule has 0 saturated carbocycles. The summed E-state index contributed by atoms with van der Waals surface area (Å²) in [7, 11) is 0. The first-order valence-electron chi connectivity index (χ1n) is 5.88. The number of aromatic carboxylic acids is 1. The van der Waals surface area contributed by atoms with E-state index >= 15 is 0 Å². The van der Waals surface area contributed by atoms with E-state index in [0.717, 1.165) is 18.2 Å². The monoisotopic (exact) mass is 304 g/mol. The number of phenolic OH excluding ortho intramolecular Hbond substituents is 1. The number of primary amides is 1. The normalized spacial score (nSPS) is 9.27. The third-order valence-electron chi connectivity index (χ3n) is 2.48. The van der Waals surface area contributed by atoms with Gasteiger partial charge < -0.3 is 15.9 Å². The van der Waals surface area contributed by atoms with Gasteiger partial charge in [0.25, 0.3) is 0 Å². The van der Waals surface area contributed by atoms with Crippen LogP contribution in [0, 0.1) is 10.1 Å². The number of amides is 1. The van der Waals surface area contributed by atoms with Crippen LogP contribution in [0.1, 0.15) is 20.7 Å². The van der Waals surface area contributed by atoms with E-state index in [9.17, 15) is 19.7 Å². The predicted octanol–water partition coefficient (Wildman–Crippen LogP) is 1.78. The minimum atomic E-state index is -1.27. The first-order chi connectivity index (χ1) is 10.3. The van der Waals surface area contributed by atoms with Crippen LogP contribution in [0.25, 0.3) is 0 Å². The lowest BCUT2D eigenvalue weighted by Crippen LogP contribution is -2.09. The van der Waals surface area contributed by atoms with Gasteiger partial charge in [0.1, 0.15) is 0 Å². The predicted molar refractivity (Wildman–Crippen MR) is 76.7 cm³/mol. The lowest BCUT2D eigenvalue weighted by molar-refractivity contribution is -0.385. The molecule has 0 saturated heterocycles. The quantitative estimate of drug-likeness (QED) is 0.582. The van der Waals surface area contributed by atoms with E-state index < -0.39 is 22.3 Å². The molecule has 2 aromatic carbocycles. The Balaban J connectivity index is 0.000000235. The number of hydrogen-bond donors (Lipinski definition) is 3. The van der Waals surface area contributed by atoms with Crippen LogP contribution >= 0.6 is 0 Å². The highest BCUT2D eigenvalue weighted by Crippen LogP contribution is 2.25. The van der Waals surface area contributed by atoms with Gasteiger partial charge in [-0.05, 0) is 24.3 Å². The third kappa shape index (κ3) is 4.60. The molecule has 0 spiro atoms. The van der Waals surface area contributed by atoms with Crippen molar-refractivity contribution < 1.29 is 24.7 Å². The van der Waals surface area contributed by atoms with Crippen molar-refractivity contribution in [3.63, 3.8) is 0 Å². The van der Waals surface area contributed by atoms with Crippen LogP contribution in [0.5, 0.6) is 5.75 Å². The summed E-state index contributed by atoms with van der Waals surface area (Å²) in [6, 6.07) is 11.6. The number of aromatic hydroxyl groups is 1. The van der Waals surface area contributed by atoms with Crippen LogP contribution in [0.4, 0.5) is 5.69 Å². The van der Waals surface area contributed by atoms with E-state index in [4.69, 9.17) is 15.9 Å². The van der Waals surface area contributed by atoms with Crippen LogP contribution in [0.3, 0.4) is 0 Å². The van der Waals surface area contributed by atoms with Crippen molar-refractivity contribution in [3.8, 4) is 5.75 Å². The second-order valence-corrected chi connectivity index (χ2v) is 4.00. The topological polar surface area (TPSA) is 144 Å². The zero-order chi connectivity index (χ0) is 16.7. The first-order valence-corrected chi connectivity index (χ1v) is 5.88. The zero-order valence-corrected chi connectivity index (χ0v) is 11.2. The molecule has 4 N–H and O–H groups in total. The zero-order valence-electron chi connectivity index (χ0n) is 11.2.